The number of hydrogen-bond acceptors (Lipinski definition) is 3. The van der Waals surface area contributed by atoms with E-state index in [1.165, 1.54) is 32.1 Å². The zero-order chi connectivity index (χ0) is 15.6. The molecule has 0 radical (unpaired) electrons. The molecule has 1 N–H and O–H groups in total. The van der Waals surface area contributed by atoms with Crippen molar-refractivity contribution in [3.05, 3.63) is 35.4 Å². The number of amides is 1. The molecule has 1 aliphatic rings. The Balaban J connectivity index is 1.60. The van der Waals surface area contributed by atoms with Crippen molar-refractivity contribution >= 4 is 5.91 Å². The summed E-state index contributed by atoms with van der Waals surface area (Å²) in [5.74, 6) is -0.0263. The van der Waals surface area contributed by atoms with Gasteiger partial charge in [0, 0.05) is 25.8 Å². The van der Waals surface area contributed by atoms with Crippen LogP contribution in [-0.2, 0) is 16.1 Å². The number of carbonyl (C=O) groups is 1. The summed E-state index contributed by atoms with van der Waals surface area (Å²) in [6, 6.07) is 7.51. The lowest BCUT2D eigenvalue weighted by atomic mass is 9.98. The fraction of sp³-hybridized carbons (Fsp3) is 0.611. The molecule has 0 saturated heterocycles. The van der Waals surface area contributed by atoms with Gasteiger partial charge in [0.15, 0.2) is 0 Å². The van der Waals surface area contributed by atoms with Crippen molar-refractivity contribution in [2.75, 3.05) is 20.3 Å². The van der Waals surface area contributed by atoms with Gasteiger partial charge in [-0.25, -0.2) is 0 Å². The highest BCUT2D eigenvalue weighted by Gasteiger charge is 2.13. The van der Waals surface area contributed by atoms with Gasteiger partial charge >= 0.3 is 0 Å². The summed E-state index contributed by atoms with van der Waals surface area (Å²) in [7, 11) is 1.66. The molecule has 4 heteroatoms. The number of ether oxygens (including phenoxy) is 2. The minimum atomic E-state index is -0.0263. The van der Waals surface area contributed by atoms with Gasteiger partial charge in [-0.1, -0.05) is 31.4 Å². The van der Waals surface area contributed by atoms with Gasteiger partial charge in [-0.2, -0.15) is 0 Å². The predicted molar refractivity (Wildman–Crippen MR) is 86.9 cm³/mol. The van der Waals surface area contributed by atoms with Crippen molar-refractivity contribution in [2.24, 2.45) is 0 Å². The molecule has 0 atom stereocenters. The molecule has 4 nitrogen and oxygen atoms in total. The van der Waals surface area contributed by atoms with Crippen molar-refractivity contribution in [2.45, 2.75) is 51.2 Å². The first kappa shape index (κ1) is 17.0. The zero-order valence-electron chi connectivity index (χ0n) is 13.5. The first-order valence-electron chi connectivity index (χ1n) is 8.27. The van der Waals surface area contributed by atoms with Crippen molar-refractivity contribution < 1.29 is 14.3 Å². The smallest absolute Gasteiger partial charge is 0.251 e. The number of methoxy groups -OCH3 is 1. The van der Waals surface area contributed by atoms with Crippen molar-refractivity contribution in [3.63, 3.8) is 0 Å². The minimum absolute atomic E-state index is 0.0263. The summed E-state index contributed by atoms with van der Waals surface area (Å²) < 4.78 is 10.9. The SMILES string of the molecule is COCc1ccc(C(=O)NCCCOC2CCCCC2)cc1. The second-order valence-corrected chi connectivity index (χ2v) is 5.87. The zero-order valence-corrected chi connectivity index (χ0v) is 13.5. The number of hydrogen-bond donors (Lipinski definition) is 1. The lowest BCUT2D eigenvalue weighted by Crippen LogP contribution is -2.26. The predicted octanol–water partition coefficient (Wildman–Crippen LogP) is 3.30. The van der Waals surface area contributed by atoms with Crippen molar-refractivity contribution in [1.82, 2.24) is 5.32 Å². The normalized spacial score (nSPS) is 15.7. The van der Waals surface area contributed by atoms with E-state index in [0.717, 1.165) is 18.6 Å². The molecule has 1 aromatic rings. The maximum Gasteiger partial charge on any atom is 0.251 e. The van der Waals surface area contributed by atoms with E-state index in [-0.39, 0.29) is 5.91 Å². The third kappa shape index (κ3) is 5.78. The standard InChI is InChI=1S/C18H27NO3/c1-21-14-15-8-10-16(11-9-15)18(20)19-12-5-13-22-17-6-3-2-4-7-17/h8-11,17H,2-7,12-14H2,1H3,(H,19,20). The largest absolute Gasteiger partial charge is 0.380 e. The second-order valence-electron chi connectivity index (χ2n) is 5.87. The van der Waals surface area contributed by atoms with Crippen LogP contribution in [0.25, 0.3) is 0 Å². The number of nitrogens with one attached hydrogen (secondary N) is 1. The maximum atomic E-state index is 12.0. The first-order chi connectivity index (χ1) is 10.8. The van der Waals surface area contributed by atoms with Gasteiger partial charge in [0.25, 0.3) is 5.91 Å². The van der Waals surface area contributed by atoms with Crippen LogP contribution >= 0.6 is 0 Å². The summed E-state index contributed by atoms with van der Waals surface area (Å²) in [6.07, 6.45) is 7.63. The van der Waals surface area contributed by atoms with Gasteiger partial charge in [-0.05, 0) is 37.0 Å². The Morgan fingerprint density at radius 1 is 1.18 bits per heavy atom. The maximum absolute atomic E-state index is 12.0. The van der Waals surface area contributed by atoms with Crippen LogP contribution in [0.2, 0.25) is 0 Å². The van der Waals surface area contributed by atoms with E-state index in [1.807, 2.05) is 24.3 Å². The lowest BCUT2D eigenvalue weighted by Gasteiger charge is -2.21. The highest BCUT2D eigenvalue weighted by atomic mass is 16.5. The first-order valence-corrected chi connectivity index (χ1v) is 8.27. The van der Waals surface area contributed by atoms with E-state index in [9.17, 15) is 4.79 Å². The summed E-state index contributed by atoms with van der Waals surface area (Å²) in [5, 5.41) is 2.94. The van der Waals surface area contributed by atoms with Gasteiger partial charge in [-0.3, -0.25) is 4.79 Å². The molecule has 0 heterocycles. The van der Waals surface area contributed by atoms with Crippen LogP contribution in [0.1, 0.15) is 54.4 Å². The fourth-order valence-electron chi connectivity index (χ4n) is 2.78. The molecule has 2 rings (SSSR count). The number of carbonyl (C=O) groups excluding carboxylic acids is 1. The molecule has 0 bridgehead atoms. The average Bonchev–Trinajstić information content (AvgIpc) is 2.56. The summed E-state index contributed by atoms with van der Waals surface area (Å²) in [4.78, 5) is 12.0. The topological polar surface area (TPSA) is 47.6 Å². The number of benzene rings is 1. The van der Waals surface area contributed by atoms with E-state index >= 15 is 0 Å². The molecule has 0 spiro atoms. The van der Waals surface area contributed by atoms with Gasteiger partial charge in [-0.15, -0.1) is 0 Å². The molecule has 122 valence electrons. The Bertz CT molecular complexity index is 438. The quantitative estimate of drug-likeness (QED) is 0.750. The molecule has 0 unspecified atom stereocenters. The molecule has 0 aliphatic heterocycles. The lowest BCUT2D eigenvalue weighted by molar-refractivity contribution is 0.0273. The fourth-order valence-corrected chi connectivity index (χ4v) is 2.78. The minimum Gasteiger partial charge on any atom is -0.380 e. The van der Waals surface area contributed by atoms with Gasteiger partial charge in [0.05, 0.1) is 12.7 Å². The molecule has 22 heavy (non-hydrogen) atoms. The molecule has 1 amide bonds. The summed E-state index contributed by atoms with van der Waals surface area (Å²) >= 11 is 0. The Labute approximate surface area is 133 Å². The van der Waals surface area contributed by atoms with Crippen LogP contribution < -0.4 is 5.32 Å². The monoisotopic (exact) mass is 305 g/mol. The number of rotatable bonds is 8. The molecule has 0 aromatic heterocycles. The second kappa shape index (κ2) is 9.59. The Hall–Kier alpha value is -1.39. The highest BCUT2D eigenvalue weighted by molar-refractivity contribution is 5.94. The van der Waals surface area contributed by atoms with Crippen LogP contribution in [0.15, 0.2) is 24.3 Å². The summed E-state index contributed by atoms with van der Waals surface area (Å²) in [6.45, 7) is 1.96. The Morgan fingerprint density at radius 3 is 2.59 bits per heavy atom. The van der Waals surface area contributed by atoms with Crippen LogP contribution in [0, 0.1) is 0 Å². The van der Waals surface area contributed by atoms with Crippen LogP contribution in [-0.4, -0.2) is 32.3 Å². The Kier molecular flexibility index (Phi) is 7.40. The Morgan fingerprint density at radius 2 is 1.91 bits per heavy atom. The van der Waals surface area contributed by atoms with Crippen molar-refractivity contribution in [1.29, 1.82) is 0 Å². The molecular formula is C18H27NO3. The third-order valence-electron chi connectivity index (χ3n) is 4.04. The average molecular weight is 305 g/mol. The van der Waals surface area contributed by atoms with Gasteiger partial charge < -0.3 is 14.8 Å². The van der Waals surface area contributed by atoms with Gasteiger partial charge in [0.2, 0.25) is 0 Å². The molecule has 1 fully saturated rings. The van der Waals surface area contributed by atoms with E-state index in [0.29, 0.717) is 24.8 Å². The molecule has 1 saturated carbocycles. The third-order valence-corrected chi connectivity index (χ3v) is 4.04. The van der Waals surface area contributed by atoms with Crippen LogP contribution in [0.3, 0.4) is 0 Å². The van der Waals surface area contributed by atoms with E-state index in [2.05, 4.69) is 5.32 Å². The van der Waals surface area contributed by atoms with Gasteiger partial charge in [0.1, 0.15) is 0 Å². The highest BCUT2D eigenvalue weighted by Crippen LogP contribution is 2.20. The van der Waals surface area contributed by atoms with E-state index < -0.39 is 0 Å². The van der Waals surface area contributed by atoms with Crippen LogP contribution in [0.5, 0.6) is 0 Å². The molecule has 1 aliphatic carbocycles. The van der Waals surface area contributed by atoms with Crippen molar-refractivity contribution in [3.8, 4) is 0 Å². The summed E-state index contributed by atoms with van der Waals surface area (Å²) in [5.41, 5.74) is 1.76. The van der Waals surface area contributed by atoms with E-state index in [4.69, 9.17) is 9.47 Å². The van der Waals surface area contributed by atoms with E-state index in [1.54, 1.807) is 7.11 Å². The van der Waals surface area contributed by atoms with Crippen LogP contribution in [0.4, 0.5) is 0 Å². The molecule has 1 aromatic carbocycles. The molecular weight excluding hydrogens is 278 g/mol.